The van der Waals surface area contributed by atoms with E-state index in [9.17, 15) is 8.42 Å². The average Bonchev–Trinajstić information content (AvgIpc) is 2.18. The SMILES string of the molecule is CCCS(=O)(=O)N[C@@H](C)c1ccccc1. The van der Waals surface area contributed by atoms with Gasteiger partial charge in [0.1, 0.15) is 0 Å². The zero-order valence-electron chi connectivity index (χ0n) is 9.10. The van der Waals surface area contributed by atoms with Crippen LogP contribution in [-0.2, 0) is 10.0 Å². The van der Waals surface area contributed by atoms with Crippen molar-refractivity contribution in [3.63, 3.8) is 0 Å². The van der Waals surface area contributed by atoms with Crippen LogP contribution in [0.5, 0.6) is 0 Å². The lowest BCUT2D eigenvalue weighted by molar-refractivity contribution is 0.565. The fourth-order valence-electron chi connectivity index (χ4n) is 1.41. The lowest BCUT2D eigenvalue weighted by Gasteiger charge is -2.13. The maximum atomic E-state index is 11.5. The average molecular weight is 227 g/mol. The van der Waals surface area contributed by atoms with Crippen molar-refractivity contribution in [1.29, 1.82) is 0 Å². The zero-order chi connectivity index (χ0) is 11.3. The van der Waals surface area contributed by atoms with Gasteiger partial charge in [0.05, 0.1) is 5.75 Å². The minimum Gasteiger partial charge on any atom is -0.212 e. The second kappa shape index (κ2) is 5.28. The van der Waals surface area contributed by atoms with Crippen molar-refractivity contribution in [2.24, 2.45) is 0 Å². The van der Waals surface area contributed by atoms with E-state index >= 15 is 0 Å². The van der Waals surface area contributed by atoms with Gasteiger partial charge in [0.25, 0.3) is 0 Å². The van der Waals surface area contributed by atoms with Gasteiger partial charge in [-0.25, -0.2) is 13.1 Å². The van der Waals surface area contributed by atoms with Crippen molar-refractivity contribution >= 4 is 10.0 Å². The minimum atomic E-state index is -3.13. The van der Waals surface area contributed by atoms with Gasteiger partial charge in [-0.2, -0.15) is 0 Å². The van der Waals surface area contributed by atoms with E-state index in [-0.39, 0.29) is 11.8 Å². The summed E-state index contributed by atoms with van der Waals surface area (Å²) in [5.41, 5.74) is 0.983. The molecule has 1 atom stereocenters. The molecule has 0 spiro atoms. The molecule has 1 aromatic carbocycles. The molecule has 0 heterocycles. The third-order valence-electron chi connectivity index (χ3n) is 2.13. The first kappa shape index (κ1) is 12.2. The molecule has 0 aromatic heterocycles. The van der Waals surface area contributed by atoms with Crippen LogP contribution < -0.4 is 4.72 Å². The molecule has 0 saturated carbocycles. The topological polar surface area (TPSA) is 46.2 Å². The van der Waals surface area contributed by atoms with Gasteiger partial charge in [0.15, 0.2) is 0 Å². The van der Waals surface area contributed by atoms with Crippen molar-refractivity contribution in [2.45, 2.75) is 26.3 Å². The van der Waals surface area contributed by atoms with Gasteiger partial charge >= 0.3 is 0 Å². The summed E-state index contributed by atoms with van der Waals surface area (Å²) >= 11 is 0. The highest BCUT2D eigenvalue weighted by Crippen LogP contribution is 2.12. The molecule has 0 aliphatic heterocycles. The van der Waals surface area contributed by atoms with Gasteiger partial charge in [-0.15, -0.1) is 0 Å². The van der Waals surface area contributed by atoms with Gasteiger partial charge < -0.3 is 0 Å². The van der Waals surface area contributed by atoms with E-state index in [2.05, 4.69) is 4.72 Å². The van der Waals surface area contributed by atoms with Crippen molar-refractivity contribution in [1.82, 2.24) is 4.72 Å². The van der Waals surface area contributed by atoms with Gasteiger partial charge in [-0.3, -0.25) is 0 Å². The molecule has 0 saturated heterocycles. The fourth-order valence-corrected chi connectivity index (χ4v) is 2.74. The molecular formula is C11H17NO2S. The molecule has 1 N–H and O–H groups in total. The predicted molar refractivity (Wildman–Crippen MR) is 62.1 cm³/mol. The number of benzene rings is 1. The maximum Gasteiger partial charge on any atom is 0.212 e. The summed E-state index contributed by atoms with van der Waals surface area (Å²) < 4.78 is 25.7. The number of hydrogen-bond donors (Lipinski definition) is 1. The highest BCUT2D eigenvalue weighted by molar-refractivity contribution is 7.89. The Bertz CT molecular complexity index is 386. The third-order valence-corrected chi connectivity index (χ3v) is 3.79. The molecule has 0 aliphatic carbocycles. The van der Waals surface area contributed by atoms with E-state index in [4.69, 9.17) is 0 Å². The number of sulfonamides is 1. The van der Waals surface area contributed by atoms with E-state index in [1.54, 1.807) is 0 Å². The summed E-state index contributed by atoms with van der Waals surface area (Å²) in [4.78, 5) is 0. The normalized spacial score (nSPS) is 13.7. The second-order valence-corrected chi connectivity index (χ2v) is 5.44. The molecule has 15 heavy (non-hydrogen) atoms. The van der Waals surface area contributed by atoms with Gasteiger partial charge in [0.2, 0.25) is 10.0 Å². The Balaban J connectivity index is 2.68. The molecule has 0 radical (unpaired) electrons. The standard InChI is InChI=1S/C11H17NO2S/c1-3-9-15(13,14)12-10(2)11-7-5-4-6-8-11/h4-8,10,12H,3,9H2,1-2H3/t10-/m0/s1. The number of rotatable bonds is 5. The van der Waals surface area contributed by atoms with E-state index < -0.39 is 10.0 Å². The molecule has 0 amide bonds. The van der Waals surface area contributed by atoms with E-state index in [1.165, 1.54) is 0 Å². The summed E-state index contributed by atoms with van der Waals surface area (Å²) in [6.45, 7) is 3.70. The van der Waals surface area contributed by atoms with E-state index in [0.717, 1.165) is 5.56 Å². The van der Waals surface area contributed by atoms with E-state index in [0.29, 0.717) is 6.42 Å². The Hall–Kier alpha value is -0.870. The quantitative estimate of drug-likeness (QED) is 0.837. The van der Waals surface area contributed by atoms with Crippen LogP contribution >= 0.6 is 0 Å². The first-order chi connectivity index (χ1) is 7.05. The Kier molecular flexibility index (Phi) is 4.29. The van der Waals surface area contributed by atoms with Crippen molar-refractivity contribution in [2.75, 3.05) is 5.75 Å². The van der Waals surface area contributed by atoms with Crippen LogP contribution in [0.25, 0.3) is 0 Å². The third kappa shape index (κ3) is 4.01. The van der Waals surface area contributed by atoms with Crippen LogP contribution in [-0.4, -0.2) is 14.2 Å². The maximum absolute atomic E-state index is 11.5. The monoisotopic (exact) mass is 227 g/mol. The van der Waals surface area contributed by atoms with Gasteiger partial charge in [-0.1, -0.05) is 37.3 Å². The van der Waals surface area contributed by atoms with Crippen molar-refractivity contribution in [3.05, 3.63) is 35.9 Å². The molecule has 4 heteroatoms. The van der Waals surface area contributed by atoms with Crippen LogP contribution in [0.2, 0.25) is 0 Å². The van der Waals surface area contributed by atoms with Crippen molar-refractivity contribution < 1.29 is 8.42 Å². The zero-order valence-corrected chi connectivity index (χ0v) is 9.92. The molecule has 3 nitrogen and oxygen atoms in total. The molecule has 84 valence electrons. The molecule has 0 unspecified atom stereocenters. The molecule has 1 rings (SSSR count). The van der Waals surface area contributed by atoms with Gasteiger partial charge in [0, 0.05) is 6.04 Å². The Morgan fingerprint density at radius 2 is 1.87 bits per heavy atom. The largest absolute Gasteiger partial charge is 0.212 e. The first-order valence-electron chi connectivity index (χ1n) is 5.10. The highest BCUT2D eigenvalue weighted by atomic mass is 32.2. The molecule has 0 aliphatic rings. The number of nitrogens with one attached hydrogen (secondary N) is 1. The predicted octanol–water partition coefficient (Wildman–Crippen LogP) is 2.08. The summed E-state index contributed by atoms with van der Waals surface area (Å²) in [6.07, 6.45) is 0.636. The second-order valence-electron chi connectivity index (χ2n) is 3.57. The van der Waals surface area contributed by atoms with Crippen LogP contribution in [0, 0.1) is 0 Å². The molecule has 0 bridgehead atoms. The molecule has 1 aromatic rings. The Morgan fingerprint density at radius 3 is 2.40 bits per heavy atom. The lowest BCUT2D eigenvalue weighted by atomic mass is 10.1. The Labute approximate surface area is 91.6 Å². The summed E-state index contributed by atoms with van der Waals surface area (Å²) in [7, 11) is -3.13. The Morgan fingerprint density at radius 1 is 1.27 bits per heavy atom. The van der Waals surface area contributed by atoms with Crippen LogP contribution in [0.3, 0.4) is 0 Å². The summed E-state index contributed by atoms with van der Waals surface area (Å²) in [6, 6.07) is 9.39. The highest BCUT2D eigenvalue weighted by Gasteiger charge is 2.13. The lowest BCUT2D eigenvalue weighted by Crippen LogP contribution is -2.28. The molecule has 0 fully saturated rings. The number of hydrogen-bond acceptors (Lipinski definition) is 2. The van der Waals surface area contributed by atoms with E-state index in [1.807, 2.05) is 44.2 Å². The summed E-state index contributed by atoms with van der Waals surface area (Å²) in [5, 5.41) is 0. The van der Waals surface area contributed by atoms with Crippen LogP contribution in [0.1, 0.15) is 31.9 Å². The minimum absolute atomic E-state index is 0.164. The van der Waals surface area contributed by atoms with Crippen LogP contribution in [0.4, 0.5) is 0 Å². The van der Waals surface area contributed by atoms with Crippen molar-refractivity contribution in [3.8, 4) is 0 Å². The van der Waals surface area contributed by atoms with Gasteiger partial charge in [-0.05, 0) is 18.9 Å². The van der Waals surface area contributed by atoms with Crippen LogP contribution in [0.15, 0.2) is 30.3 Å². The first-order valence-corrected chi connectivity index (χ1v) is 6.75. The molecular weight excluding hydrogens is 210 g/mol. The summed E-state index contributed by atoms with van der Waals surface area (Å²) in [5.74, 6) is 0.185. The smallest absolute Gasteiger partial charge is 0.212 e. The fraction of sp³-hybridized carbons (Fsp3) is 0.455.